The van der Waals surface area contributed by atoms with Gasteiger partial charge in [-0.1, -0.05) is 49.4 Å². The Labute approximate surface area is 158 Å². The van der Waals surface area contributed by atoms with Crippen LogP contribution in [0.3, 0.4) is 0 Å². The van der Waals surface area contributed by atoms with Crippen LogP contribution in [0.15, 0.2) is 84.9 Å². The molecule has 0 aliphatic heterocycles. The molecule has 0 aliphatic rings. The second kappa shape index (κ2) is 7.04. The maximum atomic E-state index is 9.69. The van der Waals surface area contributed by atoms with Crippen LogP contribution in [0.5, 0.6) is 11.5 Å². The molecule has 0 aliphatic carbocycles. The van der Waals surface area contributed by atoms with E-state index in [9.17, 15) is 10.2 Å². The molecule has 4 aromatic rings. The first-order chi connectivity index (χ1) is 13.2. The Morgan fingerprint density at radius 2 is 1.30 bits per heavy atom. The summed E-state index contributed by atoms with van der Waals surface area (Å²) in [7, 11) is 0. The van der Waals surface area contributed by atoms with Gasteiger partial charge < -0.3 is 14.8 Å². The summed E-state index contributed by atoms with van der Waals surface area (Å²) in [6.45, 7) is 2.14. The van der Waals surface area contributed by atoms with Crippen LogP contribution in [0.4, 0.5) is 0 Å². The lowest BCUT2D eigenvalue weighted by Gasteiger charge is -2.14. The molecule has 0 atom stereocenters. The standard InChI is InChI=1S/C24H21NO2/c1-2-23-22(17-8-12-20(26)13-9-17)16-24(18-6-4-3-5-7-18)25(23)19-10-14-21(27)15-11-19/h3-16,26-27H,2H2,1H3. The molecule has 1 aromatic heterocycles. The van der Waals surface area contributed by atoms with Crippen molar-refractivity contribution < 1.29 is 10.2 Å². The smallest absolute Gasteiger partial charge is 0.115 e. The first-order valence-electron chi connectivity index (χ1n) is 9.06. The first kappa shape index (κ1) is 17.0. The molecule has 3 heteroatoms. The van der Waals surface area contributed by atoms with E-state index in [-0.39, 0.29) is 11.5 Å². The van der Waals surface area contributed by atoms with Crippen LogP contribution < -0.4 is 0 Å². The topological polar surface area (TPSA) is 45.4 Å². The summed E-state index contributed by atoms with van der Waals surface area (Å²) >= 11 is 0. The molecule has 3 aromatic carbocycles. The third-order valence-corrected chi connectivity index (χ3v) is 4.79. The normalized spacial score (nSPS) is 10.9. The number of nitrogens with zero attached hydrogens (tertiary/aromatic N) is 1. The Morgan fingerprint density at radius 3 is 1.89 bits per heavy atom. The average molecular weight is 355 g/mol. The Bertz CT molecular complexity index is 1050. The number of hydrogen-bond acceptors (Lipinski definition) is 2. The highest BCUT2D eigenvalue weighted by atomic mass is 16.3. The lowest BCUT2D eigenvalue weighted by Crippen LogP contribution is -2.02. The minimum atomic E-state index is 0.254. The van der Waals surface area contributed by atoms with E-state index in [0.29, 0.717) is 0 Å². The third-order valence-electron chi connectivity index (χ3n) is 4.79. The zero-order valence-corrected chi connectivity index (χ0v) is 15.1. The molecule has 0 saturated heterocycles. The van der Waals surface area contributed by atoms with Crippen molar-refractivity contribution >= 4 is 0 Å². The maximum absolute atomic E-state index is 9.69. The molecule has 2 N–H and O–H groups in total. The highest BCUT2D eigenvalue weighted by Crippen LogP contribution is 2.36. The Morgan fingerprint density at radius 1 is 0.704 bits per heavy atom. The zero-order valence-electron chi connectivity index (χ0n) is 15.1. The monoisotopic (exact) mass is 355 g/mol. The first-order valence-corrected chi connectivity index (χ1v) is 9.06. The van der Waals surface area contributed by atoms with Gasteiger partial charge in [-0.2, -0.15) is 0 Å². The highest BCUT2D eigenvalue weighted by Gasteiger charge is 2.18. The van der Waals surface area contributed by atoms with E-state index in [1.54, 1.807) is 24.3 Å². The van der Waals surface area contributed by atoms with Crippen LogP contribution in [0.2, 0.25) is 0 Å². The minimum absolute atomic E-state index is 0.254. The molecule has 0 bridgehead atoms. The minimum Gasteiger partial charge on any atom is -0.508 e. The molecule has 1 heterocycles. The van der Waals surface area contributed by atoms with E-state index in [1.807, 2.05) is 42.5 Å². The molecule has 0 spiro atoms. The van der Waals surface area contributed by atoms with Crippen molar-refractivity contribution in [3.05, 3.63) is 90.6 Å². The predicted molar refractivity (Wildman–Crippen MR) is 109 cm³/mol. The molecule has 3 nitrogen and oxygen atoms in total. The summed E-state index contributed by atoms with van der Waals surface area (Å²) in [5.41, 5.74) is 6.63. The number of aromatic hydroxyl groups is 2. The maximum Gasteiger partial charge on any atom is 0.115 e. The largest absolute Gasteiger partial charge is 0.508 e. The van der Waals surface area contributed by atoms with Gasteiger partial charge in [0.25, 0.3) is 0 Å². The average Bonchev–Trinajstić information content (AvgIpc) is 3.09. The van der Waals surface area contributed by atoms with E-state index in [1.165, 1.54) is 5.69 Å². The van der Waals surface area contributed by atoms with E-state index in [4.69, 9.17) is 0 Å². The Balaban J connectivity index is 1.99. The molecule has 0 saturated carbocycles. The third kappa shape index (κ3) is 3.20. The van der Waals surface area contributed by atoms with Crippen molar-refractivity contribution in [2.75, 3.05) is 0 Å². The van der Waals surface area contributed by atoms with Gasteiger partial charge in [-0.3, -0.25) is 0 Å². The summed E-state index contributed by atoms with van der Waals surface area (Å²) in [4.78, 5) is 0. The molecule has 0 amide bonds. The van der Waals surface area contributed by atoms with E-state index in [2.05, 4.69) is 29.7 Å². The number of rotatable bonds is 4. The summed E-state index contributed by atoms with van der Waals surface area (Å²) < 4.78 is 2.25. The molecule has 0 unspecified atom stereocenters. The van der Waals surface area contributed by atoms with Crippen LogP contribution in [0.25, 0.3) is 28.1 Å². The number of hydrogen-bond donors (Lipinski definition) is 2. The van der Waals surface area contributed by atoms with E-state index in [0.717, 1.165) is 34.5 Å². The van der Waals surface area contributed by atoms with Crippen molar-refractivity contribution in [1.29, 1.82) is 0 Å². The van der Waals surface area contributed by atoms with E-state index < -0.39 is 0 Å². The van der Waals surface area contributed by atoms with Crippen LogP contribution in [0.1, 0.15) is 12.6 Å². The van der Waals surface area contributed by atoms with Gasteiger partial charge in [-0.05, 0) is 60.0 Å². The fraction of sp³-hybridized carbons (Fsp3) is 0.0833. The van der Waals surface area contributed by atoms with Crippen molar-refractivity contribution in [3.63, 3.8) is 0 Å². The molecule has 27 heavy (non-hydrogen) atoms. The van der Waals surface area contributed by atoms with Gasteiger partial charge in [0, 0.05) is 16.9 Å². The van der Waals surface area contributed by atoms with Crippen LogP contribution in [0, 0.1) is 0 Å². The van der Waals surface area contributed by atoms with Crippen molar-refractivity contribution in [1.82, 2.24) is 4.57 Å². The number of phenolic OH excluding ortho intramolecular Hbond substituents is 2. The van der Waals surface area contributed by atoms with Crippen LogP contribution in [-0.2, 0) is 6.42 Å². The quantitative estimate of drug-likeness (QED) is 0.487. The molecular formula is C24H21NO2. The highest BCUT2D eigenvalue weighted by molar-refractivity contribution is 5.77. The van der Waals surface area contributed by atoms with Gasteiger partial charge in [0.2, 0.25) is 0 Å². The van der Waals surface area contributed by atoms with Gasteiger partial charge in [-0.15, -0.1) is 0 Å². The van der Waals surface area contributed by atoms with Gasteiger partial charge in [-0.25, -0.2) is 0 Å². The summed E-state index contributed by atoms with van der Waals surface area (Å²) in [6.07, 6.45) is 0.851. The fourth-order valence-corrected chi connectivity index (χ4v) is 3.51. The lowest BCUT2D eigenvalue weighted by molar-refractivity contribution is 0.475. The second-order valence-electron chi connectivity index (χ2n) is 6.51. The molecule has 4 rings (SSSR count). The lowest BCUT2D eigenvalue weighted by atomic mass is 10.0. The fourth-order valence-electron chi connectivity index (χ4n) is 3.51. The van der Waals surface area contributed by atoms with Crippen LogP contribution in [-0.4, -0.2) is 14.8 Å². The van der Waals surface area contributed by atoms with Gasteiger partial charge >= 0.3 is 0 Å². The summed E-state index contributed by atoms with van der Waals surface area (Å²) in [5.74, 6) is 0.516. The predicted octanol–water partition coefficient (Wildman–Crippen LogP) is 5.78. The molecular weight excluding hydrogens is 334 g/mol. The number of aromatic nitrogens is 1. The second-order valence-corrected chi connectivity index (χ2v) is 6.51. The molecule has 0 radical (unpaired) electrons. The number of benzene rings is 3. The molecule has 0 fully saturated rings. The zero-order chi connectivity index (χ0) is 18.8. The van der Waals surface area contributed by atoms with Crippen molar-refractivity contribution in [2.45, 2.75) is 13.3 Å². The number of phenols is 2. The van der Waals surface area contributed by atoms with Gasteiger partial charge in [0.05, 0.1) is 5.69 Å². The summed E-state index contributed by atoms with van der Waals surface area (Å²) in [6, 6.07) is 27.1. The van der Waals surface area contributed by atoms with Crippen LogP contribution >= 0.6 is 0 Å². The van der Waals surface area contributed by atoms with E-state index >= 15 is 0 Å². The Hall–Kier alpha value is -3.46. The van der Waals surface area contributed by atoms with Gasteiger partial charge in [0.1, 0.15) is 11.5 Å². The van der Waals surface area contributed by atoms with Crippen molar-refractivity contribution in [3.8, 4) is 39.6 Å². The molecule has 134 valence electrons. The SMILES string of the molecule is CCc1c(-c2ccc(O)cc2)cc(-c2ccccc2)n1-c1ccc(O)cc1. The van der Waals surface area contributed by atoms with Gasteiger partial charge in [0.15, 0.2) is 0 Å². The van der Waals surface area contributed by atoms with Crippen molar-refractivity contribution in [2.24, 2.45) is 0 Å². The Kier molecular flexibility index (Phi) is 4.43. The summed E-state index contributed by atoms with van der Waals surface area (Å²) in [5, 5.41) is 19.3.